The first-order valence-corrected chi connectivity index (χ1v) is 10.1. The van der Waals surface area contributed by atoms with Gasteiger partial charge in [0.1, 0.15) is 6.61 Å². The molecule has 0 fully saturated rings. The number of rotatable bonds is 10. The van der Waals surface area contributed by atoms with Gasteiger partial charge in [-0.3, -0.25) is 0 Å². The minimum atomic E-state index is 0.465. The highest BCUT2D eigenvalue weighted by atomic mass is 79.9. The summed E-state index contributed by atoms with van der Waals surface area (Å²) in [6, 6.07) is 12.2. The lowest BCUT2D eigenvalue weighted by Crippen LogP contribution is -2.09. The van der Waals surface area contributed by atoms with Crippen LogP contribution in [0.15, 0.2) is 53.5 Å². The number of benzene rings is 2. The van der Waals surface area contributed by atoms with Crippen LogP contribution in [0.4, 0.5) is 5.95 Å². The van der Waals surface area contributed by atoms with Crippen LogP contribution in [0, 0.1) is 6.92 Å². The summed E-state index contributed by atoms with van der Waals surface area (Å²) in [7, 11) is 0. The number of nitrogens with zero attached hydrogens (tertiary/aromatic N) is 4. The number of allylic oxidation sites excluding steroid dienone is 1. The number of aromatic nitrogens is 4. The van der Waals surface area contributed by atoms with Crippen LogP contribution in [0.2, 0.25) is 0 Å². The second kappa shape index (κ2) is 10.1. The third-order valence-corrected chi connectivity index (χ3v) is 4.75. The number of hydrogen-bond acceptors (Lipinski definition) is 6. The van der Waals surface area contributed by atoms with Gasteiger partial charge in [-0.25, -0.2) is 4.68 Å². The van der Waals surface area contributed by atoms with Crippen molar-refractivity contribution in [1.82, 2.24) is 20.2 Å². The summed E-state index contributed by atoms with van der Waals surface area (Å²) in [5.74, 6) is 1.96. The second-order valence-corrected chi connectivity index (χ2v) is 7.29. The Bertz CT molecular complexity index is 956. The Morgan fingerprint density at radius 3 is 2.69 bits per heavy atom. The maximum absolute atomic E-state index is 6.06. The highest BCUT2D eigenvalue weighted by Gasteiger charge is 2.13. The van der Waals surface area contributed by atoms with Crippen molar-refractivity contribution in [2.45, 2.75) is 33.5 Å². The lowest BCUT2D eigenvalue weighted by molar-refractivity contribution is 0.267. The molecule has 2 aromatic carbocycles. The molecule has 3 rings (SSSR count). The van der Waals surface area contributed by atoms with Crippen molar-refractivity contribution in [2.24, 2.45) is 0 Å². The van der Waals surface area contributed by atoms with E-state index in [2.05, 4.69) is 74.5 Å². The summed E-state index contributed by atoms with van der Waals surface area (Å²) in [6.45, 7) is 9.81. The largest absolute Gasteiger partial charge is 0.490 e. The average molecular weight is 458 g/mol. The molecule has 0 bridgehead atoms. The molecular weight excluding hydrogens is 434 g/mol. The zero-order chi connectivity index (χ0) is 20.6. The zero-order valence-corrected chi connectivity index (χ0v) is 18.1. The number of halogens is 1. The summed E-state index contributed by atoms with van der Waals surface area (Å²) in [6.07, 6.45) is 1.74. The van der Waals surface area contributed by atoms with Crippen LogP contribution in [-0.2, 0) is 19.7 Å². The molecule has 0 aliphatic rings. The molecule has 1 heterocycles. The third-order valence-electron chi connectivity index (χ3n) is 4.16. The molecule has 0 aliphatic carbocycles. The highest BCUT2D eigenvalue weighted by molar-refractivity contribution is 9.10. The SMILES string of the molecule is C=CCn1nnnc1NCc1cc(Br)c(OCc2ccc(C)cc2)c(OCC)c1. The quantitative estimate of drug-likeness (QED) is 0.451. The van der Waals surface area contributed by atoms with Crippen LogP contribution in [0.1, 0.15) is 23.6 Å². The van der Waals surface area contributed by atoms with E-state index < -0.39 is 0 Å². The summed E-state index contributed by atoms with van der Waals surface area (Å²) >= 11 is 3.62. The van der Waals surface area contributed by atoms with Crippen LogP contribution in [0.25, 0.3) is 0 Å². The van der Waals surface area contributed by atoms with Gasteiger partial charge in [-0.2, -0.15) is 0 Å². The van der Waals surface area contributed by atoms with E-state index in [9.17, 15) is 0 Å². The van der Waals surface area contributed by atoms with Crippen molar-refractivity contribution >= 4 is 21.9 Å². The first-order chi connectivity index (χ1) is 14.1. The molecule has 7 nitrogen and oxygen atoms in total. The van der Waals surface area contributed by atoms with Gasteiger partial charge in [0.05, 0.1) is 17.6 Å². The Morgan fingerprint density at radius 1 is 1.17 bits per heavy atom. The van der Waals surface area contributed by atoms with Gasteiger partial charge in [0, 0.05) is 6.54 Å². The van der Waals surface area contributed by atoms with Crippen LogP contribution in [0.3, 0.4) is 0 Å². The fourth-order valence-corrected chi connectivity index (χ4v) is 3.33. The van der Waals surface area contributed by atoms with E-state index in [0.717, 1.165) is 15.6 Å². The van der Waals surface area contributed by atoms with E-state index in [1.807, 2.05) is 19.1 Å². The topological polar surface area (TPSA) is 74.1 Å². The van der Waals surface area contributed by atoms with Crippen molar-refractivity contribution in [3.63, 3.8) is 0 Å². The van der Waals surface area contributed by atoms with Gasteiger partial charge in [0.15, 0.2) is 11.5 Å². The Kier molecular flexibility index (Phi) is 7.24. The van der Waals surface area contributed by atoms with E-state index in [1.165, 1.54) is 5.56 Å². The number of ether oxygens (including phenoxy) is 2. The summed E-state index contributed by atoms with van der Waals surface area (Å²) in [5, 5.41) is 14.8. The molecule has 3 aromatic rings. The molecule has 0 unspecified atom stereocenters. The van der Waals surface area contributed by atoms with Crippen molar-refractivity contribution in [2.75, 3.05) is 11.9 Å². The standard InChI is InChI=1S/C21H24BrN5O2/c1-4-10-27-21(24-25-26-27)23-13-17-11-18(22)20(19(12-17)28-5-2)29-14-16-8-6-15(3)7-9-16/h4,6-9,11-12H,1,5,10,13-14H2,2-3H3,(H,23,24,26). The molecule has 0 aliphatic heterocycles. The first-order valence-electron chi connectivity index (χ1n) is 9.35. The van der Waals surface area contributed by atoms with Gasteiger partial charge in [0.25, 0.3) is 0 Å². The minimum absolute atomic E-state index is 0.465. The van der Waals surface area contributed by atoms with E-state index in [0.29, 0.717) is 43.8 Å². The predicted molar refractivity (Wildman–Crippen MR) is 116 cm³/mol. The molecule has 0 amide bonds. The van der Waals surface area contributed by atoms with Gasteiger partial charge in [-0.05, 0) is 63.5 Å². The summed E-state index contributed by atoms with van der Waals surface area (Å²) < 4.78 is 14.4. The Hall–Kier alpha value is -2.87. The maximum atomic E-state index is 6.06. The molecule has 0 saturated carbocycles. The Balaban J connectivity index is 1.73. The highest BCUT2D eigenvalue weighted by Crippen LogP contribution is 2.37. The molecule has 0 saturated heterocycles. The number of aryl methyl sites for hydroxylation is 1. The van der Waals surface area contributed by atoms with Gasteiger partial charge >= 0.3 is 0 Å². The van der Waals surface area contributed by atoms with Crippen molar-refractivity contribution in [3.8, 4) is 11.5 Å². The fourth-order valence-electron chi connectivity index (χ4n) is 2.72. The Labute approximate surface area is 178 Å². The molecule has 152 valence electrons. The number of anilines is 1. The number of tetrazole rings is 1. The molecular formula is C21H24BrN5O2. The zero-order valence-electron chi connectivity index (χ0n) is 16.6. The third kappa shape index (κ3) is 5.57. The van der Waals surface area contributed by atoms with Gasteiger partial charge in [-0.15, -0.1) is 6.58 Å². The molecule has 0 radical (unpaired) electrons. The molecule has 0 atom stereocenters. The second-order valence-electron chi connectivity index (χ2n) is 6.44. The summed E-state index contributed by atoms with van der Waals surface area (Å²) in [5.41, 5.74) is 3.34. The minimum Gasteiger partial charge on any atom is -0.490 e. The predicted octanol–water partition coefficient (Wildman–Crippen LogP) is 4.52. The molecule has 29 heavy (non-hydrogen) atoms. The van der Waals surface area contributed by atoms with Crippen LogP contribution < -0.4 is 14.8 Å². The number of nitrogens with one attached hydrogen (secondary N) is 1. The lowest BCUT2D eigenvalue weighted by Gasteiger charge is -2.16. The smallest absolute Gasteiger partial charge is 0.243 e. The monoisotopic (exact) mass is 457 g/mol. The van der Waals surface area contributed by atoms with Gasteiger partial charge in [0.2, 0.25) is 5.95 Å². The van der Waals surface area contributed by atoms with Crippen molar-refractivity contribution < 1.29 is 9.47 Å². The van der Waals surface area contributed by atoms with Crippen molar-refractivity contribution in [3.05, 3.63) is 70.2 Å². The van der Waals surface area contributed by atoms with E-state index >= 15 is 0 Å². The molecule has 0 spiro atoms. The molecule has 1 aromatic heterocycles. The molecule has 8 heteroatoms. The normalized spacial score (nSPS) is 10.6. The van der Waals surface area contributed by atoms with Crippen LogP contribution in [0.5, 0.6) is 11.5 Å². The van der Waals surface area contributed by atoms with Crippen molar-refractivity contribution in [1.29, 1.82) is 0 Å². The Morgan fingerprint density at radius 2 is 1.97 bits per heavy atom. The average Bonchev–Trinajstić information content (AvgIpc) is 3.15. The molecule has 1 N–H and O–H groups in total. The maximum Gasteiger partial charge on any atom is 0.243 e. The van der Waals surface area contributed by atoms with Gasteiger partial charge < -0.3 is 14.8 Å². The van der Waals surface area contributed by atoms with Gasteiger partial charge in [-0.1, -0.05) is 41.0 Å². The number of hydrogen-bond donors (Lipinski definition) is 1. The fraction of sp³-hybridized carbons (Fsp3) is 0.286. The van der Waals surface area contributed by atoms with Crippen LogP contribution >= 0.6 is 15.9 Å². The van der Waals surface area contributed by atoms with E-state index in [1.54, 1.807) is 10.8 Å². The first kappa shape index (κ1) is 20.9. The van der Waals surface area contributed by atoms with E-state index in [4.69, 9.17) is 9.47 Å². The lowest BCUT2D eigenvalue weighted by atomic mass is 10.1. The van der Waals surface area contributed by atoms with Crippen LogP contribution in [-0.4, -0.2) is 26.8 Å². The van der Waals surface area contributed by atoms with E-state index in [-0.39, 0.29) is 0 Å². The summed E-state index contributed by atoms with van der Waals surface area (Å²) in [4.78, 5) is 0.